The van der Waals surface area contributed by atoms with E-state index < -0.39 is 6.10 Å². The summed E-state index contributed by atoms with van der Waals surface area (Å²) in [5.41, 5.74) is 1.02. The minimum absolute atomic E-state index is 0.167. The fourth-order valence-corrected chi connectivity index (χ4v) is 3.25. The molecule has 0 aliphatic carbocycles. The third kappa shape index (κ3) is 6.39. The van der Waals surface area contributed by atoms with E-state index in [9.17, 15) is 4.79 Å². The Hall–Kier alpha value is -2.73. The van der Waals surface area contributed by atoms with Gasteiger partial charge >= 0.3 is 0 Å². The van der Waals surface area contributed by atoms with Crippen molar-refractivity contribution in [2.24, 2.45) is 0 Å². The van der Waals surface area contributed by atoms with Crippen molar-refractivity contribution in [3.05, 3.63) is 54.1 Å². The van der Waals surface area contributed by atoms with Crippen molar-refractivity contribution in [2.75, 3.05) is 27.2 Å². The van der Waals surface area contributed by atoms with E-state index in [-0.39, 0.29) is 12.0 Å². The number of rotatable bonds is 8. The van der Waals surface area contributed by atoms with Crippen molar-refractivity contribution >= 4 is 5.91 Å². The van der Waals surface area contributed by atoms with Gasteiger partial charge in [-0.25, -0.2) is 0 Å². The molecule has 2 aromatic carbocycles. The Morgan fingerprint density at radius 3 is 2.48 bits per heavy atom. The minimum Gasteiger partial charge on any atom is -0.497 e. The van der Waals surface area contributed by atoms with Crippen LogP contribution < -0.4 is 19.5 Å². The highest BCUT2D eigenvalue weighted by Gasteiger charge is 2.18. The van der Waals surface area contributed by atoms with Crippen LogP contribution in [-0.4, -0.2) is 50.3 Å². The van der Waals surface area contributed by atoms with Gasteiger partial charge < -0.3 is 24.4 Å². The molecule has 0 unspecified atom stereocenters. The number of benzene rings is 2. The Morgan fingerprint density at radius 2 is 1.79 bits per heavy atom. The second-order valence-corrected chi connectivity index (χ2v) is 7.42. The molecule has 1 saturated heterocycles. The first-order valence-electron chi connectivity index (χ1n) is 10.1. The first-order chi connectivity index (χ1) is 14.0. The number of piperidine rings is 1. The molecule has 1 amide bonds. The fourth-order valence-electron chi connectivity index (χ4n) is 3.25. The molecule has 0 aromatic heterocycles. The lowest BCUT2D eigenvalue weighted by molar-refractivity contribution is -0.127. The van der Waals surface area contributed by atoms with Crippen LogP contribution in [0.2, 0.25) is 0 Å². The van der Waals surface area contributed by atoms with Crippen LogP contribution in [0.3, 0.4) is 0 Å². The molecule has 3 rings (SSSR count). The molecular weight excluding hydrogens is 368 g/mol. The number of hydrogen-bond acceptors (Lipinski definition) is 5. The van der Waals surface area contributed by atoms with Crippen LogP contribution in [0.25, 0.3) is 0 Å². The molecule has 0 saturated carbocycles. The molecule has 6 heteroatoms. The van der Waals surface area contributed by atoms with E-state index in [0.717, 1.165) is 37.2 Å². The Labute approximate surface area is 172 Å². The number of ether oxygens (including phenoxy) is 3. The van der Waals surface area contributed by atoms with E-state index in [1.54, 1.807) is 26.2 Å². The first kappa shape index (κ1) is 21.0. The number of hydrogen-bond donors (Lipinski definition) is 1. The molecule has 1 aliphatic rings. The van der Waals surface area contributed by atoms with Gasteiger partial charge in [0, 0.05) is 25.7 Å². The third-order valence-electron chi connectivity index (χ3n) is 5.08. The summed E-state index contributed by atoms with van der Waals surface area (Å²) in [4.78, 5) is 14.7. The Kier molecular flexibility index (Phi) is 7.36. The normalized spacial score (nSPS) is 16.1. The summed E-state index contributed by atoms with van der Waals surface area (Å²) in [5, 5.41) is 2.91. The Balaban J connectivity index is 1.44. The van der Waals surface area contributed by atoms with Crippen LogP contribution in [0.4, 0.5) is 0 Å². The predicted molar refractivity (Wildman–Crippen MR) is 113 cm³/mol. The van der Waals surface area contributed by atoms with Crippen molar-refractivity contribution < 1.29 is 19.0 Å². The van der Waals surface area contributed by atoms with Crippen molar-refractivity contribution in [3.8, 4) is 17.2 Å². The number of nitrogens with zero attached hydrogens (tertiary/aromatic N) is 1. The third-order valence-corrected chi connectivity index (χ3v) is 5.08. The zero-order valence-corrected chi connectivity index (χ0v) is 17.4. The number of methoxy groups -OCH3 is 1. The molecule has 156 valence electrons. The van der Waals surface area contributed by atoms with Gasteiger partial charge in [0.25, 0.3) is 5.91 Å². The largest absolute Gasteiger partial charge is 0.497 e. The van der Waals surface area contributed by atoms with Crippen molar-refractivity contribution in [1.82, 2.24) is 10.2 Å². The van der Waals surface area contributed by atoms with Crippen molar-refractivity contribution in [2.45, 2.75) is 38.5 Å². The summed E-state index contributed by atoms with van der Waals surface area (Å²) in [5.74, 6) is 2.00. The van der Waals surface area contributed by atoms with Crippen molar-refractivity contribution in [3.63, 3.8) is 0 Å². The average Bonchev–Trinajstić information content (AvgIpc) is 2.74. The topological polar surface area (TPSA) is 60.0 Å². The van der Waals surface area contributed by atoms with Crippen LogP contribution in [0.1, 0.15) is 25.3 Å². The summed E-state index contributed by atoms with van der Waals surface area (Å²) in [6.07, 6.45) is 1.79. The standard InChI is InChI=1S/C23H30N2O4/c1-17(28-22-6-4-5-21(15-22)27-3)23(26)24-16-18-7-9-19(10-8-18)29-20-11-13-25(2)14-12-20/h4-10,15,17,20H,11-14,16H2,1-3H3,(H,24,26)/t17-/m1/s1. The molecule has 29 heavy (non-hydrogen) atoms. The van der Waals surface area contributed by atoms with Crippen LogP contribution >= 0.6 is 0 Å². The molecule has 1 fully saturated rings. The van der Waals surface area contributed by atoms with E-state index in [0.29, 0.717) is 18.0 Å². The van der Waals surface area contributed by atoms with E-state index in [1.165, 1.54) is 0 Å². The van der Waals surface area contributed by atoms with Crippen LogP contribution in [0, 0.1) is 0 Å². The number of carbonyl (C=O) groups excluding carboxylic acids is 1. The van der Waals surface area contributed by atoms with Crippen LogP contribution in [0.5, 0.6) is 17.2 Å². The number of amides is 1. The molecule has 0 spiro atoms. The summed E-state index contributed by atoms with van der Waals surface area (Å²) in [7, 11) is 3.74. The number of carbonyl (C=O) groups is 1. The molecule has 6 nitrogen and oxygen atoms in total. The maximum absolute atomic E-state index is 12.3. The lowest BCUT2D eigenvalue weighted by atomic mass is 10.1. The summed E-state index contributed by atoms with van der Waals surface area (Å²) in [6, 6.07) is 15.1. The monoisotopic (exact) mass is 398 g/mol. The molecule has 0 radical (unpaired) electrons. The van der Waals surface area contributed by atoms with E-state index in [4.69, 9.17) is 14.2 Å². The highest BCUT2D eigenvalue weighted by atomic mass is 16.5. The van der Waals surface area contributed by atoms with Gasteiger partial charge in [0.2, 0.25) is 0 Å². The fraction of sp³-hybridized carbons (Fsp3) is 0.435. The molecule has 1 N–H and O–H groups in total. The lowest BCUT2D eigenvalue weighted by Gasteiger charge is -2.29. The van der Waals surface area contributed by atoms with Gasteiger partial charge in [-0.1, -0.05) is 18.2 Å². The van der Waals surface area contributed by atoms with E-state index in [1.807, 2.05) is 36.4 Å². The summed E-state index contributed by atoms with van der Waals surface area (Å²) >= 11 is 0. The van der Waals surface area contributed by atoms with Gasteiger partial charge in [-0.05, 0) is 56.6 Å². The SMILES string of the molecule is COc1cccc(O[C@H](C)C(=O)NCc2ccc(OC3CCN(C)CC3)cc2)c1. The Bertz CT molecular complexity index is 786. The van der Waals surface area contributed by atoms with Gasteiger partial charge in [-0.2, -0.15) is 0 Å². The van der Waals surface area contributed by atoms with Crippen LogP contribution in [0.15, 0.2) is 48.5 Å². The molecule has 0 bridgehead atoms. The molecule has 2 aromatic rings. The van der Waals surface area contributed by atoms with Gasteiger partial charge in [-0.3, -0.25) is 4.79 Å². The number of likely N-dealkylation sites (tertiary alicyclic amines) is 1. The highest BCUT2D eigenvalue weighted by molar-refractivity contribution is 5.80. The smallest absolute Gasteiger partial charge is 0.261 e. The average molecular weight is 399 g/mol. The van der Waals surface area contributed by atoms with Crippen molar-refractivity contribution in [1.29, 1.82) is 0 Å². The Morgan fingerprint density at radius 1 is 1.10 bits per heavy atom. The summed E-state index contributed by atoms with van der Waals surface area (Å²) in [6.45, 7) is 4.32. The zero-order chi connectivity index (χ0) is 20.6. The molecule has 1 heterocycles. The van der Waals surface area contributed by atoms with Gasteiger partial charge in [0.15, 0.2) is 6.10 Å². The van der Waals surface area contributed by atoms with E-state index >= 15 is 0 Å². The van der Waals surface area contributed by atoms with Gasteiger partial charge in [0.1, 0.15) is 23.4 Å². The van der Waals surface area contributed by atoms with Gasteiger partial charge in [-0.15, -0.1) is 0 Å². The molecule has 1 atom stereocenters. The zero-order valence-electron chi connectivity index (χ0n) is 17.4. The maximum atomic E-state index is 12.3. The van der Waals surface area contributed by atoms with Crippen LogP contribution in [-0.2, 0) is 11.3 Å². The van der Waals surface area contributed by atoms with E-state index in [2.05, 4.69) is 17.3 Å². The summed E-state index contributed by atoms with van der Waals surface area (Å²) < 4.78 is 16.9. The minimum atomic E-state index is -0.603. The first-order valence-corrected chi connectivity index (χ1v) is 10.1. The second kappa shape index (κ2) is 10.2. The molecule has 1 aliphatic heterocycles. The highest BCUT2D eigenvalue weighted by Crippen LogP contribution is 2.21. The quantitative estimate of drug-likeness (QED) is 0.740. The molecular formula is C23H30N2O4. The number of nitrogens with one attached hydrogen (secondary N) is 1. The lowest BCUT2D eigenvalue weighted by Crippen LogP contribution is -2.36. The van der Waals surface area contributed by atoms with Gasteiger partial charge in [0.05, 0.1) is 7.11 Å². The maximum Gasteiger partial charge on any atom is 0.261 e. The second-order valence-electron chi connectivity index (χ2n) is 7.42. The predicted octanol–water partition coefficient (Wildman–Crippen LogP) is 3.25.